The maximum atomic E-state index is 13.5. The molecule has 1 amide bonds. The van der Waals surface area contributed by atoms with Gasteiger partial charge in [0.05, 0.1) is 30.3 Å². The molecule has 2 aliphatic rings. The lowest BCUT2D eigenvalue weighted by atomic mass is 10.3. The molecule has 1 saturated carbocycles. The van der Waals surface area contributed by atoms with Crippen LogP contribution in [0.4, 0.5) is 20.5 Å². The van der Waals surface area contributed by atoms with Gasteiger partial charge in [-0.15, -0.1) is 0 Å². The van der Waals surface area contributed by atoms with Gasteiger partial charge in [0.1, 0.15) is 17.6 Å². The zero-order chi connectivity index (χ0) is 29.2. The van der Waals surface area contributed by atoms with E-state index in [0.29, 0.717) is 11.5 Å². The van der Waals surface area contributed by atoms with Gasteiger partial charge in [-0.3, -0.25) is 23.5 Å². The Balaban J connectivity index is 1.20. The molecule has 4 aromatic heterocycles. The van der Waals surface area contributed by atoms with E-state index in [1.165, 1.54) is 49.5 Å². The van der Waals surface area contributed by atoms with Crippen molar-refractivity contribution in [2.45, 2.75) is 32.4 Å². The molecule has 1 saturated heterocycles. The lowest BCUT2D eigenvalue weighted by Crippen LogP contribution is -2.41. The minimum absolute atomic E-state index is 0.00404. The Morgan fingerprint density at radius 2 is 1.80 bits per heavy atom. The molecule has 14 nitrogen and oxygen atoms in total. The first-order chi connectivity index (χ1) is 19.5. The number of imidazole rings is 1. The lowest BCUT2D eigenvalue weighted by Gasteiger charge is -2.19. The van der Waals surface area contributed by atoms with Crippen LogP contribution < -0.4 is 21.5 Å². The van der Waals surface area contributed by atoms with Crippen molar-refractivity contribution in [3.8, 4) is 11.4 Å². The third-order valence-corrected chi connectivity index (χ3v) is 7.52. The SMILES string of the molecule is CC(=O)Cn1c(=O)c2c(ncn2[C@@H](C)C(=O)Nc2ccnc(-c3cnc(N4CC5[C@H](C4)C5(F)F)nc3)n2)n(C)c1=O. The molecule has 6 rings (SSSR count). The van der Waals surface area contributed by atoms with Gasteiger partial charge in [0, 0.05) is 38.7 Å². The van der Waals surface area contributed by atoms with Gasteiger partial charge in [-0.1, -0.05) is 0 Å². The molecule has 5 heterocycles. The molecule has 1 unspecified atom stereocenters. The summed E-state index contributed by atoms with van der Waals surface area (Å²) in [6.45, 7) is 2.82. The Morgan fingerprint density at radius 3 is 2.46 bits per heavy atom. The van der Waals surface area contributed by atoms with Gasteiger partial charge in [-0.25, -0.2) is 38.5 Å². The van der Waals surface area contributed by atoms with Crippen molar-refractivity contribution in [3.05, 3.63) is 51.8 Å². The van der Waals surface area contributed by atoms with Crippen molar-refractivity contribution < 1.29 is 18.4 Å². The van der Waals surface area contributed by atoms with Crippen LogP contribution in [0.3, 0.4) is 0 Å². The quantitative estimate of drug-likeness (QED) is 0.336. The third kappa shape index (κ3) is 4.35. The Kier molecular flexibility index (Phi) is 6.00. The van der Waals surface area contributed by atoms with Crippen LogP contribution in [-0.2, 0) is 23.2 Å². The van der Waals surface area contributed by atoms with Gasteiger partial charge in [0.2, 0.25) is 11.9 Å². The molecule has 0 radical (unpaired) electrons. The third-order valence-electron chi connectivity index (χ3n) is 7.52. The van der Waals surface area contributed by atoms with Gasteiger partial charge in [0.25, 0.3) is 11.5 Å². The van der Waals surface area contributed by atoms with E-state index in [1.54, 1.807) is 11.8 Å². The summed E-state index contributed by atoms with van der Waals surface area (Å²) in [6.07, 6.45) is 5.70. The highest BCUT2D eigenvalue weighted by Gasteiger charge is 2.72. The van der Waals surface area contributed by atoms with Crippen molar-refractivity contribution in [2.75, 3.05) is 23.3 Å². The number of nitrogens with one attached hydrogen (secondary N) is 1. The van der Waals surface area contributed by atoms with Crippen molar-refractivity contribution in [2.24, 2.45) is 18.9 Å². The number of nitrogens with zero attached hydrogens (tertiary/aromatic N) is 9. The van der Waals surface area contributed by atoms with Crippen molar-refractivity contribution in [3.63, 3.8) is 0 Å². The van der Waals surface area contributed by atoms with Crippen LogP contribution in [0.15, 0.2) is 40.6 Å². The minimum atomic E-state index is -2.59. The number of alkyl halides is 2. The summed E-state index contributed by atoms with van der Waals surface area (Å²) in [6, 6.07) is 0.534. The standard InChI is InChI=1S/C25H24F2N10O4/c1-12(38)8-36-22(40)18-20(34(3)24(36)41)31-11-37(18)13(2)21(39)33-17-4-5-28-19(32-17)14-6-29-23(30-7-14)35-9-15-16(10-35)25(15,26)27/h4-7,11,13,15-16H,8-10H2,1-3H3,(H,28,32,33,39)/t13-,15-,16?/m0/s1. The van der Waals surface area contributed by atoms with Crippen LogP contribution in [-0.4, -0.2) is 69.3 Å². The molecule has 16 heteroatoms. The second kappa shape index (κ2) is 9.35. The van der Waals surface area contributed by atoms with Crippen LogP contribution in [0.1, 0.15) is 19.9 Å². The highest BCUT2D eigenvalue weighted by atomic mass is 19.3. The number of hydrogen-bond acceptors (Lipinski definition) is 10. The van der Waals surface area contributed by atoms with E-state index >= 15 is 0 Å². The number of Topliss-reactive ketones (excluding diaryl/α,β-unsaturated/α-hetero) is 1. The van der Waals surface area contributed by atoms with Crippen molar-refractivity contribution >= 4 is 34.6 Å². The van der Waals surface area contributed by atoms with E-state index in [-0.39, 0.29) is 41.7 Å². The van der Waals surface area contributed by atoms with Crippen molar-refractivity contribution in [1.82, 2.24) is 38.6 Å². The molecule has 0 bridgehead atoms. The molecule has 41 heavy (non-hydrogen) atoms. The second-order valence-corrected chi connectivity index (χ2v) is 10.3. The Morgan fingerprint density at radius 1 is 1.12 bits per heavy atom. The maximum Gasteiger partial charge on any atom is 0.332 e. The first-order valence-corrected chi connectivity index (χ1v) is 12.7. The lowest BCUT2D eigenvalue weighted by molar-refractivity contribution is -0.119. The summed E-state index contributed by atoms with van der Waals surface area (Å²) in [7, 11) is 1.42. The number of rotatable bonds is 7. The number of aryl methyl sites for hydroxylation is 1. The van der Waals surface area contributed by atoms with Gasteiger partial charge >= 0.3 is 5.69 Å². The first-order valence-electron chi connectivity index (χ1n) is 12.7. The predicted molar refractivity (Wildman–Crippen MR) is 140 cm³/mol. The molecular formula is C25H24F2N10O4. The molecule has 3 atom stereocenters. The highest BCUT2D eigenvalue weighted by molar-refractivity contribution is 5.93. The fraction of sp³-hybridized carbons (Fsp3) is 0.400. The van der Waals surface area contributed by atoms with Gasteiger partial charge < -0.3 is 14.8 Å². The van der Waals surface area contributed by atoms with Crippen LogP contribution in [0.5, 0.6) is 0 Å². The van der Waals surface area contributed by atoms with E-state index in [1.807, 2.05) is 0 Å². The van der Waals surface area contributed by atoms with Crippen LogP contribution in [0.25, 0.3) is 22.6 Å². The smallest absolute Gasteiger partial charge is 0.332 e. The number of hydrogen-bond donors (Lipinski definition) is 1. The number of ketones is 1. The van der Waals surface area contributed by atoms with Gasteiger partial charge in [-0.05, 0) is 19.9 Å². The zero-order valence-electron chi connectivity index (χ0n) is 22.2. The largest absolute Gasteiger partial charge is 0.340 e. The van der Waals surface area contributed by atoms with E-state index in [2.05, 4.69) is 30.2 Å². The number of anilines is 2. The summed E-state index contributed by atoms with van der Waals surface area (Å²) in [5.74, 6) is -4.05. The normalized spacial score (nSPS) is 19.7. The minimum Gasteiger partial charge on any atom is -0.340 e. The molecule has 0 spiro atoms. The molecule has 1 aliphatic carbocycles. The molecule has 4 aromatic rings. The predicted octanol–water partition coefficient (Wildman–Crippen LogP) is 0.634. The van der Waals surface area contributed by atoms with E-state index in [0.717, 1.165) is 9.13 Å². The summed E-state index contributed by atoms with van der Waals surface area (Å²) in [5, 5.41) is 2.68. The number of aromatic nitrogens is 8. The highest BCUT2D eigenvalue weighted by Crippen LogP contribution is 2.59. The number of carbonyl (C=O) groups is 2. The average Bonchev–Trinajstić information content (AvgIpc) is 3.38. The molecule has 0 aromatic carbocycles. The van der Waals surface area contributed by atoms with E-state index in [9.17, 15) is 28.0 Å². The maximum absolute atomic E-state index is 13.5. The van der Waals surface area contributed by atoms with E-state index < -0.39 is 47.5 Å². The summed E-state index contributed by atoms with van der Waals surface area (Å²) < 4.78 is 30.3. The average molecular weight is 567 g/mol. The zero-order valence-corrected chi connectivity index (χ0v) is 22.2. The Hall–Kier alpha value is -4.89. The second-order valence-electron chi connectivity index (χ2n) is 10.3. The molecule has 2 fully saturated rings. The summed E-state index contributed by atoms with van der Waals surface area (Å²) in [5.41, 5.74) is -0.894. The Bertz CT molecular complexity index is 1820. The van der Waals surface area contributed by atoms with Gasteiger partial charge in [0.15, 0.2) is 17.0 Å². The summed E-state index contributed by atoms with van der Waals surface area (Å²) in [4.78, 5) is 73.4. The number of amides is 1. The van der Waals surface area contributed by atoms with Crippen LogP contribution in [0.2, 0.25) is 0 Å². The van der Waals surface area contributed by atoms with Crippen molar-refractivity contribution in [1.29, 1.82) is 0 Å². The first kappa shape index (κ1) is 26.3. The topological polar surface area (TPSA) is 163 Å². The van der Waals surface area contributed by atoms with Crippen LogP contribution >= 0.6 is 0 Å². The monoisotopic (exact) mass is 566 g/mol. The molecular weight excluding hydrogens is 542 g/mol. The van der Waals surface area contributed by atoms with Gasteiger partial charge in [-0.2, -0.15) is 0 Å². The van der Waals surface area contributed by atoms with Crippen LogP contribution in [0, 0.1) is 11.8 Å². The molecule has 212 valence electrons. The fourth-order valence-corrected chi connectivity index (χ4v) is 5.14. The van der Waals surface area contributed by atoms with E-state index in [4.69, 9.17) is 0 Å². The Labute approximate surface area is 229 Å². The summed E-state index contributed by atoms with van der Waals surface area (Å²) >= 11 is 0. The fourth-order valence-electron chi connectivity index (χ4n) is 5.14. The molecule has 1 N–H and O–H groups in total. The number of carbonyl (C=O) groups excluding carboxylic acids is 2. The molecule has 1 aliphatic heterocycles. The number of piperidine rings is 1. The number of halogens is 2. The number of fused-ring (bicyclic) bond motifs is 2.